The fourth-order valence-corrected chi connectivity index (χ4v) is 2.95. The Morgan fingerprint density at radius 1 is 1.72 bits per heavy atom. The van der Waals surface area contributed by atoms with Crippen molar-refractivity contribution in [3.63, 3.8) is 0 Å². The van der Waals surface area contributed by atoms with Gasteiger partial charge < -0.3 is 11.1 Å². The van der Waals surface area contributed by atoms with Gasteiger partial charge in [-0.15, -0.1) is 23.7 Å². The zero-order chi connectivity index (χ0) is 12.3. The van der Waals surface area contributed by atoms with E-state index in [4.69, 9.17) is 5.73 Å². The molecule has 5 nitrogen and oxygen atoms in total. The average molecular weight is 291 g/mol. The largest absolute Gasteiger partial charge is 0.375 e. The second-order valence-corrected chi connectivity index (χ2v) is 5.59. The number of anilines is 1. The molecule has 3 N–H and O–H groups in total. The Labute approximate surface area is 117 Å². The van der Waals surface area contributed by atoms with Gasteiger partial charge in [0.05, 0.1) is 0 Å². The maximum atomic E-state index is 11.0. The molecule has 0 saturated carbocycles. The molecular weight excluding hydrogens is 272 g/mol. The lowest BCUT2D eigenvalue weighted by molar-refractivity contribution is -0.120. The number of amides is 1. The molecule has 1 aliphatic rings. The number of carbonyl (C=O) groups excluding carboxylic acids is 1. The summed E-state index contributed by atoms with van der Waals surface area (Å²) in [5.74, 6) is 0.0545. The third kappa shape index (κ3) is 4.44. The van der Waals surface area contributed by atoms with Crippen LogP contribution < -0.4 is 11.1 Å². The summed E-state index contributed by atoms with van der Waals surface area (Å²) in [6.07, 6.45) is 4.03. The number of halogens is 1. The van der Waals surface area contributed by atoms with E-state index in [9.17, 15) is 4.79 Å². The van der Waals surface area contributed by atoms with Crippen LogP contribution in [-0.2, 0) is 11.3 Å². The molecular formula is C11H19ClN4OS. The van der Waals surface area contributed by atoms with Gasteiger partial charge in [0.15, 0.2) is 5.13 Å². The standard InChI is InChI=1S/C11H18N4OS.ClH/c1-8(16)14-9-3-2-4-15(6-9)7-10-5-13-11(12)17-10;/h5,9H,2-4,6-7H2,1H3,(H2,12,13)(H,14,16);1H. The number of nitrogen functional groups attached to an aromatic ring is 1. The summed E-state index contributed by atoms with van der Waals surface area (Å²) in [5, 5.41) is 3.61. The molecule has 0 spiro atoms. The van der Waals surface area contributed by atoms with Crippen LogP contribution in [0.2, 0.25) is 0 Å². The van der Waals surface area contributed by atoms with Gasteiger partial charge in [-0.1, -0.05) is 0 Å². The van der Waals surface area contributed by atoms with Crippen LogP contribution in [0.15, 0.2) is 6.20 Å². The zero-order valence-electron chi connectivity index (χ0n) is 10.4. The summed E-state index contributed by atoms with van der Waals surface area (Å²) in [4.78, 5) is 18.6. The summed E-state index contributed by atoms with van der Waals surface area (Å²) < 4.78 is 0. The number of nitrogens with one attached hydrogen (secondary N) is 1. The van der Waals surface area contributed by atoms with E-state index in [1.165, 1.54) is 16.2 Å². The third-order valence-electron chi connectivity index (χ3n) is 2.86. The van der Waals surface area contributed by atoms with E-state index in [-0.39, 0.29) is 24.4 Å². The van der Waals surface area contributed by atoms with E-state index in [0.29, 0.717) is 5.13 Å². The highest BCUT2D eigenvalue weighted by Gasteiger charge is 2.20. The number of aromatic nitrogens is 1. The molecule has 0 bridgehead atoms. The van der Waals surface area contributed by atoms with Crippen molar-refractivity contribution in [2.45, 2.75) is 32.4 Å². The first-order chi connectivity index (χ1) is 8.13. The van der Waals surface area contributed by atoms with Crippen LogP contribution in [0.4, 0.5) is 5.13 Å². The summed E-state index contributed by atoms with van der Waals surface area (Å²) in [6, 6.07) is 0.284. The Hall–Kier alpha value is -0.850. The van der Waals surface area contributed by atoms with E-state index in [1.807, 2.05) is 6.20 Å². The number of likely N-dealkylation sites (tertiary alicyclic amines) is 1. The highest BCUT2D eigenvalue weighted by molar-refractivity contribution is 7.15. The predicted molar refractivity (Wildman–Crippen MR) is 75.9 cm³/mol. The van der Waals surface area contributed by atoms with E-state index in [1.54, 1.807) is 6.92 Å². The summed E-state index contributed by atoms with van der Waals surface area (Å²) in [6.45, 7) is 4.44. The summed E-state index contributed by atoms with van der Waals surface area (Å²) in [7, 11) is 0. The predicted octanol–water partition coefficient (Wildman–Crippen LogP) is 1.25. The first kappa shape index (κ1) is 15.2. The van der Waals surface area contributed by atoms with Gasteiger partial charge in [-0.2, -0.15) is 0 Å². The van der Waals surface area contributed by atoms with Crippen molar-refractivity contribution in [2.75, 3.05) is 18.8 Å². The van der Waals surface area contributed by atoms with Crippen LogP contribution in [0.25, 0.3) is 0 Å². The van der Waals surface area contributed by atoms with Crippen molar-refractivity contribution in [3.05, 3.63) is 11.1 Å². The first-order valence-electron chi connectivity index (χ1n) is 5.83. The fourth-order valence-electron chi connectivity index (χ4n) is 2.22. The van der Waals surface area contributed by atoms with Gasteiger partial charge in [-0.3, -0.25) is 9.69 Å². The maximum Gasteiger partial charge on any atom is 0.217 e. The Morgan fingerprint density at radius 2 is 2.50 bits per heavy atom. The molecule has 1 aromatic heterocycles. The van der Waals surface area contributed by atoms with Crippen molar-refractivity contribution in [3.8, 4) is 0 Å². The second kappa shape index (κ2) is 6.92. The number of hydrogen-bond acceptors (Lipinski definition) is 5. The minimum Gasteiger partial charge on any atom is -0.375 e. The molecule has 2 rings (SSSR count). The highest BCUT2D eigenvalue weighted by Crippen LogP contribution is 2.19. The molecule has 0 radical (unpaired) electrons. The third-order valence-corrected chi connectivity index (χ3v) is 3.68. The molecule has 1 amide bonds. The molecule has 1 fully saturated rings. The highest BCUT2D eigenvalue weighted by atomic mass is 35.5. The van der Waals surface area contributed by atoms with Crippen molar-refractivity contribution in [1.29, 1.82) is 0 Å². The number of thiazole rings is 1. The topological polar surface area (TPSA) is 71.2 Å². The molecule has 0 aliphatic carbocycles. The van der Waals surface area contributed by atoms with E-state index in [2.05, 4.69) is 15.2 Å². The molecule has 1 unspecified atom stereocenters. The van der Waals surface area contributed by atoms with Crippen molar-refractivity contribution < 1.29 is 4.79 Å². The molecule has 1 aromatic rings. The Bertz CT molecular complexity index is 398. The smallest absolute Gasteiger partial charge is 0.217 e. The fraction of sp³-hybridized carbons (Fsp3) is 0.636. The second-order valence-electron chi connectivity index (χ2n) is 4.44. The van der Waals surface area contributed by atoms with Gasteiger partial charge >= 0.3 is 0 Å². The number of nitrogens with zero attached hydrogens (tertiary/aromatic N) is 2. The summed E-state index contributed by atoms with van der Waals surface area (Å²) in [5.41, 5.74) is 5.61. The molecule has 18 heavy (non-hydrogen) atoms. The Balaban J connectivity index is 0.00000162. The molecule has 7 heteroatoms. The van der Waals surface area contributed by atoms with Crippen molar-refractivity contribution in [2.24, 2.45) is 0 Å². The van der Waals surface area contributed by atoms with Crippen LogP contribution in [0.5, 0.6) is 0 Å². The van der Waals surface area contributed by atoms with Crippen LogP contribution in [0.3, 0.4) is 0 Å². The zero-order valence-corrected chi connectivity index (χ0v) is 12.0. The monoisotopic (exact) mass is 290 g/mol. The van der Waals surface area contributed by atoms with Gasteiger partial charge in [-0.25, -0.2) is 4.98 Å². The number of rotatable bonds is 3. The molecule has 102 valence electrons. The van der Waals surface area contributed by atoms with E-state index >= 15 is 0 Å². The lowest BCUT2D eigenvalue weighted by atomic mass is 10.1. The number of nitrogens with two attached hydrogens (primary N) is 1. The minimum atomic E-state index is 0. The van der Waals surface area contributed by atoms with Gasteiger partial charge in [0.25, 0.3) is 0 Å². The van der Waals surface area contributed by atoms with Crippen molar-refractivity contribution >= 4 is 34.8 Å². The summed E-state index contributed by atoms with van der Waals surface area (Å²) >= 11 is 1.53. The molecule has 1 atom stereocenters. The van der Waals surface area contributed by atoms with Crippen LogP contribution in [0, 0.1) is 0 Å². The Morgan fingerprint density at radius 3 is 3.11 bits per heavy atom. The molecule has 0 aromatic carbocycles. The maximum absolute atomic E-state index is 11.0. The average Bonchev–Trinajstić information content (AvgIpc) is 2.63. The normalized spacial score (nSPS) is 20.2. The Kier molecular flexibility index (Phi) is 5.84. The van der Waals surface area contributed by atoms with Crippen LogP contribution in [0.1, 0.15) is 24.6 Å². The van der Waals surface area contributed by atoms with Gasteiger partial charge in [0, 0.05) is 37.1 Å². The number of piperidine rings is 1. The van der Waals surface area contributed by atoms with Crippen molar-refractivity contribution in [1.82, 2.24) is 15.2 Å². The molecule has 1 saturated heterocycles. The van der Waals surface area contributed by atoms with Gasteiger partial charge in [0.2, 0.25) is 5.91 Å². The SMILES string of the molecule is CC(=O)NC1CCCN(Cc2cnc(N)s2)C1.Cl. The quantitative estimate of drug-likeness (QED) is 0.879. The lowest BCUT2D eigenvalue weighted by Gasteiger charge is -2.32. The number of hydrogen-bond donors (Lipinski definition) is 2. The first-order valence-corrected chi connectivity index (χ1v) is 6.65. The van der Waals surface area contributed by atoms with Crippen LogP contribution >= 0.6 is 23.7 Å². The van der Waals surface area contributed by atoms with Gasteiger partial charge in [-0.05, 0) is 19.4 Å². The van der Waals surface area contributed by atoms with Gasteiger partial charge in [0.1, 0.15) is 0 Å². The van der Waals surface area contributed by atoms with E-state index < -0.39 is 0 Å². The molecule has 1 aliphatic heterocycles. The number of carbonyl (C=O) groups is 1. The van der Waals surface area contributed by atoms with Crippen LogP contribution in [-0.4, -0.2) is 34.9 Å². The lowest BCUT2D eigenvalue weighted by Crippen LogP contribution is -2.46. The van der Waals surface area contributed by atoms with E-state index in [0.717, 1.165) is 32.5 Å². The molecule has 2 heterocycles. The minimum absolute atomic E-state index is 0.